The summed E-state index contributed by atoms with van der Waals surface area (Å²) in [6, 6.07) is 14.2. The molecule has 2 unspecified atom stereocenters. The summed E-state index contributed by atoms with van der Waals surface area (Å²) in [6.07, 6.45) is 2.82. The van der Waals surface area contributed by atoms with Crippen molar-refractivity contribution < 1.29 is 4.79 Å². The van der Waals surface area contributed by atoms with Crippen molar-refractivity contribution in [3.63, 3.8) is 0 Å². The Morgan fingerprint density at radius 2 is 1.79 bits per heavy atom. The fourth-order valence-corrected chi connectivity index (χ4v) is 5.09. The zero-order valence-corrected chi connectivity index (χ0v) is 16.7. The molecule has 4 heterocycles. The summed E-state index contributed by atoms with van der Waals surface area (Å²) in [7, 11) is 0. The number of hydrogen-bond acceptors (Lipinski definition) is 3. The van der Waals surface area contributed by atoms with Gasteiger partial charge in [0.05, 0.1) is 0 Å². The van der Waals surface area contributed by atoms with E-state index in [-0.39, 0.29) is 23.9 Å². The van der Waals surface area contributed by atoms with Gasteiger partial charge in [0.25, 0.3) is 5.56 Å². The third-order valence-corrected chi connectivity index (χ3v) is 6.28. The molecule has 0 N–H and O–H groups in total. The number of nitrogens with zero attached hydrogens (tertiary/aromatic N) is 3. The number of anilines is 1. The number of halogens is 1. The summed E-state index contributed by atoms with van der Waals surface area (Å²) in [6.45, 7) is 4.67. The summed E-state index contributed by atoms with van der Waals surface area (Å²) < 4.78 is 1.98. The highest BCUT2D eigenvalue weighted by atomic mass is 35.5. The largest absolute Gasteiger partial charge is 0.312 e. The molecule has 2 fully saturated rings. The summed E-state index contributed by atoms with van der Waals surface area (Å²) in [5.41, 5.74) is 3.65. The highest BCUT2D eigenvalue weighted by Gasteiger charge is 2.34. The van der Waals surface area contributed by atoms with Gasteiger partial charge in [0.15, 0.2) is 0 Å². The maximum atomic E-state index is 12.2. The number of aromatic nitrogens is 1. The Hall–Kier alpha value is -2.11. The van der Waals surface area contributed by atoms with E-state index in [4.69, 9.17) is 0 Å². The molecule has 148 valence electrons. The van der Waals surface area contributed by atoms with Gasteiger partial charge < -0.3 is 9.47 Å². The van der Waals surface area contributed by atoms with Crippen molar-refractivity contribution in [2.75, 3.05) is 24.5 Å². The highest BCUT2D eigenvalue weighted by Crippen LogP contribution is 2.35. The molecule has 3 aliphatic rings. The SMILES string of the molecule is Cl.O=C1CCCN1c1ccc(CN2CC3CC(C2)c2cccc(=O)n2C3)cc1. The van der Waals surface area contributed by atoms with Crippen LogP contribution in [-0.2, 0) is 17.9 Å². The van der Waals surface area contributed by atoms with Gasteiger partial charge in [0, 0.05) is 62.5 Å². The van der Waals surface area contributed by atoms with Crippen LogP contribution < -0.4 is 10.5 Å². The Bertz CT molecular complexity index is 924. The van der Waals surface area contributed by atoms with Crippen molar-refractivity contribution in [2.24, 2.45) is 5.92 Å². The molecule has 2 atom stereocenters. The minimum Gasteiger partial charge on any atom is -0.312 e. The average Bonchev–Trinajstić information content (AvgIpc) is 3.09. The fourth-order valence-electron chi connectivity index (χ4n) is 5.09. The van der Waals surface area contributed by atoms with Crippen LogP contribution >= 0.6 is 12.4 Å². The van der Waals surface area contributed by atoms with E-state index in [1.54, 1.807) is 6.07 Å². The molecule has 28 heavy (non-hydrogen) atoms. The number of benzene rings is 1. The molecule has 1 amide bonds. The van der Waals surface area contributed by atoms with Crippen LogP contribution in [0.3, 0.4) is 0 Å². The van der Waals surface area contributed by atoms with Crippen LogP contribution in [0.1, 0.15) is 36.4 Å². The topological polar surface area (TPSA) is 45.6 Å². The van der Waals surface area contributed by atoms with Crippen LogP contribution in [0.2, 0.25) is 0 Å². The maximum Gasteiger partial charge on any atom is 0.250 e. The van der Waals surface area contributed by atoms with E-state index >= 15 is 0 Å². The normalized spacial score (nSPS) is 24.0. The average molecular weight is 400 g/mol. The van der Waals surface area contributed by atoms with Crippen LogP contribution in [0.4, 0.5) is 5.69 Å². The van der Waals surface area contributed by atoms with E-state index < -0.39 is 0 Å². The molecule has 1 aromatic heterocycles. The van der Waals surface area contributed by atoms with E-state index in [9.17, 15) is 9.59 Å². The Labute approximate surface area is 171 Å². The zero-order valence-electron chi connectivity index (χ0n) is 15.9. The van der Waals surface area contributed by atoms with Crippen molar-refractivity contribution in [1.82, 2.24) is 9.47 Å². The first-order chi connectivity index (χ1) is 13.2. The predicted octanol–water partition coefficient (Wildman–Crippen LogP) is 3.02. The first-order valence-corrected chi connectivity index (χ1v) is 9.99. The second-order valence-electron chi connectivity index (χ2n) is 8.21. The zero-order chi connectivity index (χ0) is 18.4. The van der Waals surface area contributed by atoms with Crippen LogP contribution in [0.15, 0.2) is 47.3 Å². The van der Waals surface area contributed by atoms with E-state index in [2.05, 4.69) is 35.2 Å². The Kier molecular flexibility index (Phi) is 5.30. The number of hydrogen-bond donors (Lipinski definition) is 0. The standard InChI is InChI=1S/C22H25N3O2.ClH/c26-21-5-2-10-24(21)19-8-6-16(7-9-19)12-23-13-17-11-18(15-23)20-3-1-4-22(27)25(20)14-17;/h1,3-4,6-9,17-18H,2,5,10-15H2;1H. The van der Waals surface area contributed by atoms with Crippen LogP contribution in [0.25, 0.3) is 0 Å². The van der Waals surface area contributed by atoms with E-state index in [1.165, 1.54) is 17.7 Å². The van der Waals surface area contributed by atoms with Crippen molar-refractivity contribution in [2.45, 2.75) is 38.3 Å². The van der Waals surface area contributed by atoms with Gasteiger partial charge in [-0.05, 0) is 42.5 Å². The summed E-state index contributed by atoms with van der Waals surface area (Å²) in [5, 5.41) is 0. The van der Waals surface area contributed by atoms with Gasteiger partial charge in [-0.25, -0.2) is 0 Å². The second-order valence-corrected chi connectivity index (χ2v) is 8.21. The van der Waals surface area contributed by atoms with Gasteiger partial charge in [-0.2, -0.15) is 0 Å². The molecular formula is C22H26ClN3O2. The smallest absolute Gasteiger partial charge is 0.250 e. The van der Waals surface area contributed by atoms with Gasteiger partial charge in [-0.15, -0.1) is 12.4 Å². The number of rotatable bonds is 3. The molecule has 2 saturated heterocycles. The van der Waals surface area contributed by atoms with Crippen LogP contribution in [-0.4, -0.2) is 35.0 Å². The number of likely N-dealkylation sites (tertiary alicyclic amines) is 1. The molecule has 5 rings (SSSR count). The lowest BCUT2D eigenvalue weighted by molar-refractivity contribution is -0.117. The highest BCUT2D eigenvalue weighted by molar-refractivity contribution is 5.95. The number of pyridine rings is 1. The minimum atomic E-state index is 0. The second kappa shape index (κ2) is 7.72. The monoisotopic (exact) mass is 399 g/mol. The lowest BCUT2D eigenvalue weighted by Gasteiger charge is -2.42. The lowest BCUT2D eigenvalue weighted by atomic mass is 9.83. The van der Waals surface area contributed by atoms with Crippen molar-refractivity contribution in [3.8, 4) is 0 Å². The first kappa shape index (κ1) is 19.2. The number of carbonyl (C=O) groups excluding carboxylic acids is 1. The quantitative estimate of drug-likeness (QED) is 0.797. The van der Waals surface area contributed by atoms with Gasteiger partial charge in [-0.1, -0.05) is 18.2 Å². The number of fused-ring (bicyclic) bond motifs is 4. The molecule has 3 aliphatic heterocycles. The molecule has 1 aromatic carbocycles. The minimum absolute atomic E-state index is 0. The maximum absolute atomic E-state index is 12.2. The van der Waals surface area contributed by atoms with Crippen LogP contribution in [0, 0.1) is 5.92 Å². The molecular weight excluding hydrogens is 374 g/mol. The van der Waals surface area contributed by atoms with Crippen molar-refractivity contribution >= 4 is 24.0 Å². The van der Waals surface area contributed by atoms with E-state index in [0.717, 1.165) is 44.8 Å². The van der Waals surface area contributed by atoms with Gasteiger partial charge >= 0.3 is 0 Å². The van der Waals surface area contributed by atoms with Crippen molar-refractivity contribution in [3.05, 3.63) is 64.1 Å². The number of amides is 1. The number of carbonyl (C=O) groups is 1. The molecule has 2 bridgehead atoms. The summed E-state index contributed by atoms with van der Waals surface area (Å²) >= 11 is 0. The van der Waals surface area contributed by atoms with Crippen LogP contribution in [0.5, 0.6) is 0 Å². The van der Waals surface area contributed by atoms with E-state index in [0.29, 0.717) is 18.3 Å². The lowest BCUT2D eigenvalue weighted by Crippen LogP contribution is -2.46. The third-order valence-electron chi connectivity index (χ3n) is 6.28. The molecule has 0 aliphatic carbocycles. The molecule has 2 aromatic rings. The molecule has 0 spiro atoms. The fraction of sp³-hybridized carbons (Fsp3) is 0.455. The number of piperidine rings is 1. The Morgan fingerprint density at radius 3 is 2.54 bits per heavy atom. The summed E-state index contributed by atoms with van der Waals surface area (Å²) in [5.74, 6) is 1.24. The van der Waals surface area contributed by atoms with Gasteiger partial charge in [0.2, 0.25) is 5.91 Å². The van der Waals surface area contributed by atoms with Gasteiger partial charge in [-0.3, -0.25) is 14.5 Å². The molecule has 0 radical (unpaired) electrons. The molecule has 0 saturated carbocycles. The molecule has 6 heteroatoms. The first-order valence-electron chi connectivity index (χ1n) is 9.99. The van der Waals surface area contributed by atoms with E-state index in [1.807, 2.05) is 15.5 Å². The summed E-state index contributed by atoms with van der Waals surface area (Å²) in [4.78, 5) is 28.5. The molecule has 5 nitrogen and oxygen atoms in total. The predicted molar refractivity (Wildman–Crippen MR) is 112 cm³/mol. The van der Waals surface area contributed by atoms with Crippen molar-refractivity contribution in [1.29, 1.82) is 0 Å². The Balaban J connectivity index is 0.00000192. The van der Waals surface area contributed by atoms with Gasteiger partial charge in [0.1, 0.15) is 0 Å². The third kappa shape index (κ3) is 3.49. The Morgan fingerprint density at radius 1 is 0.964 bits per heavy atom.